The fourth-order valence-electron chi connectivity index (χ4n) is 6.27. The number of nitrogens with one attached hydrogen (secondary N) is 3. The number of benzene rings is 2. The van der Waals surface area contributed by atoms with E-state index >= 15 is 0 Å². The molecule has 11 nitrogen and oxygen atoms in total. The van der Waals surface area contributed by atoms with Crippen molar-refractivity contribution in [3.8, 4) is 16.9 Å². The van der Waals surface area contributed by atoms with E-state index < -0.39 is 17.9 Å². The monoisotopic (exact) mass is 701 g/mol. The lowest BCUT2D eigenvalue weighted by atomic mass is 9.98. The standard InChI is InChI=1S/C38H44ClN5O6/c1-8-20(2)33(38(47)48)42-36(45)30-15-14-25(50-30)19-40-37(46)35-28(13-10-16-49-26-17-21(3)32(39)22(4)18-26)27-11-9-12-29(34(27)41-35)31-23(5)43-44(7)24(31)6/h9,11-12,14-15,17-18,20,33,41H,8,10,13,16,19H2,1-7H3,(H,40,46)(H,42,45)(H,47,48)/t20-,33-/m0/s1. The first-order valence-electron chi connectivity index (χ1n) is 16.7. The van der Waals surface area contributed by atoms with Crippen molar-refractivity contribution < 1.29 is 28.6 Å². The first-order valence-corrected chi connectivity index (χ1v) is 17.1. The first kappa shape index (κ1) is 36.3. The van der Waals surface area contributed by atoms with E-state index in [1.807, 2.05) is 76.7 Å². The molecule has 5 aromatic rings. The van der Waals surface area contributed by atoms with Crippen LogP contribution >= 0.6 is 11.6 Å². The molecule has 12 heteroatoms. The largest absolute Gasteiger partial charge is 0.494 e. The molecule has 4 N–H and O–H groups in total. The van der Waals surface area contributed by atoms with Gasteiger partial charge in [-0.25, -0.2) is 4.79 Å². The number of halogens is 1. The maximum Gasteiger partial charge on any atom is 0.326 e. The number of amides is 2. The fraction of sp³-hybridized carbons (Fsp3) is 0.368. The average Bonchev–Trinajstić information content (AvgIpc) is 3.78. The van der Waals surface area contributed by atoms with Gasteiger partial charge >= 0.3 is 5.97 Å². The van der Waals surface area contributed by atoms with Crippen LogP contribution in [0.5, 0.6) is 5.75 Å². The van der Waals surface area contributed by atoms with Crippen molar-refractivity contribution >= 4 is 40.3 Å². The van der Waals surface area contributed by atoms with E-state index in [2.05, 4.69) is 20.7 Å². The van der Waals surface area contributed by atoms with Gasteiger partial charge in [0.15, 0.2) is 5.76 Å². The lowest BCUT2D eigenvalue weighted by Crippen LogP contribution is -2.44. The van der Waals surface area contributed by atoms with Crippen molar-refractivity contribution in [3.63, 3.8) is 0 Å². The molecule has 0 aliphatic rings. The van der Waals surface area contributed by atoms with Crippen LogP contribution in [0, 0.1) is 33.6 Å². The normalized spacial score (nSPS) is 12.6. The minimum atomic E-state index is -1.11. The van der Waals surface area contributed by atoms with E-state index in [9.17, 15) is 19.5 Å². The van der Waals surface area contributed by atoms with E-state index in [0.717, 1.165) is 60.9 Å². The number of carboxylic acids is 1. The van der Waals surface area contributed by atoms with Gasteiger partial charge in [-0.3, -0.25) is 14.3 Å². The molecule has 0 bridgehead atoms. The molecule has 50 heavy (non-hydrogen) atoms. The number of furan rings is 1. The van der Waals surface area contributed by atoms with Crippen molar-refractivity contribution in [1.82, 2.24) is 25.4 Å². The summed E-state index contributed by atoms with van der Waals surface area (Å²) >= 11 is 6.34. The minimum Gasteiger partial charge on any atom is -0.494 e. The lowest BCUT2D eigenvalue weighted by Gasteiger charge is -2.19. The highest BCUT2D eigenvalue weighted by atomic mass is 35.5. The highest BCUT2D eigenvalue weighted by Crippen LogP contribution is 2.36. The molecule has 2 amide bonds. The number of aliphatic carboxylic acids is 1. The van der Waals surface area contributed by atoms with Gasteiger partial charge in [0.25, 0.3) is 11.8 Å². The molecule has 0 radical (unpaired) electrons. The molecular formula is C38H44ClN5O6. The second-order valence-electron chi connectivity index (χ2n) is 12.8. The molecule has 2 atom stereocenters. The van der Waals surface area contributed by atoms with Crippen molar-refractivity contribution in [3.05, 3.63) is 92.8 Å². The molecule has 5 rings (SSSR count). The number of carboxylic acid groups (broad SMARTS) is 1. The number of H-pyrrole nitrogens is 1. The summed E-state index contributed by atoms with van der Waals surface area (Å²) in [5.41, 5.74) is 7.87. The quantitative estimate of drug-likeness (QED) is 0.0893. The predicted molar refractivity (Wildman–Crippen MR) is 193 cm³/mol. The SMILES string of the molecule is CC[C@H](C)[C@H](NC(=O)c1ccc(CNC(=O)c2[nH]c3c(-c4c(C)nn(C)c4C)cccc3c2CCCOc2cc(C)c(Cl)c(C)c2)o1)C(=O)O. The summed E-state index contributed by atoms with van der Waals surface area (Å²) in [7, 11) is 1.91. The Morgan fingerprint density at radius 2 is 1.80 bits per heavy atom. The number of fused-ring (bicyclic) bond motifs is 1. The number of para-hydroxylation sites is 1. The smallest absolute Gasteiger partial charge is 0.326 e. The molecule has 3 heterocycles. The third-order valence-corrected chi connectivity index (χ3v) is 9.87. The number of aromatic nitrogens is 3. The van der Waals surface area contributed by atoms with Crippen molar-refractivity contribution in [2.24, 2.45) is 13.0 Å². The predicted octanol–water partition coefficient (Wildman–Crippen LogP) is 7.22. The average molecular weight is 702 g/mol. The van der Waals surface area contributed by atoms with Gasteiger partial charge in [-0.15, -0.1) is 0 Å². The molecule has 0 spiro atoms. The number of hydrogen-bond donors (Lipinski definition) is 4. The number of rotatable bonds is 14. The molecule has 0 aliphatic heterocycles. The van der Waals surface area contributed by atoms with E-state index in [-0.39, 0.29) is 24.1 Å². The van der Waals surface area contributed by atoms with Gasteiger partial charge in [-0.2, -0.15) is 5.10 Å². The highest BCUT2D eigenvalue weighted by Gasteiger charge is 2.27. The zero-order valence-electron chi connectivity index (χ0n) is 29.5. The summed E-state index contributed by atoms with van der Waals surface area (Å²) in [6.45, 7) is 12.0. The Hall–Kier alpha value is -5.03. The summed E-state index contributed by atoms with van der Waals surface area (Å²) in [6.07, 6.45) is 1.79. The minimum absolute atomic E-state index is 0.0146. The first-order chi connectivity index (χ1) is 23.8. The fourth-order valence-corrected chi connectivity index (χ4v) is 6.38. The number of hydrogen-bond acceptors (Lipinski definition) is 6. The van der Waals surface area contributed by atoms with Gasteiger partial charge in [0.1, 0.15) is 23.2 Å². The van der Waals surface area contributed by atoms with Crippen LogP contribution in [0.1, 0.15) is 81.6 Å². The molecule has 3 aromatic heterocycles. The molecule has 2 aromatic carbocycles. The maximum absolute atomic E-state index is 13.8. The Labute approximate surface area is 296 Å². The molecule has 0 unspecified atom stereocenters. The Balaban J connectivity index is 1.38. The summed E-state index contributed by atoms with van der Waals surface area (Å²) in [5.74, 6) is -1.28. The number of ether oxygens (including phenoxy) is 1. The molecule has 0 aliphatic carbocycles. The van der Waals surface area contributed by atoms with E-state index in [0.29, 0.717) is 37.3 Å². The van der Waals surface area contributed by atoms with Gasteiger partial charge < -0.3 is 29.9 Å². The third-order valence-electron chi connectivity index (χ3n) is 9.27. The highest BCUT2D eigenvalue weighted by molar-refractivity contribution is 6.32. The lowest BCUT2D eigenvalue weighted by molar-refractivity contribution is -0.140. The maximum atomic E-state index is 13.8. The zero-order chi connectivity index (χ0) is 36.3. The summed E-state index contributed by atoms with van der Waals surface area (Å²) < 4.78 is 13.6. The van der Waals surface area contributed by atoms with Crippen molar-refractivity contribution in [2.75, 3.05) is 6.61 Å². The van der Waals surface area contributed by atoms with Crippen molar-refractivity contribution in [1.29, 1.82) is 0 Å². The third kappa shape index (κ3) is 7.57. The zero-order valence-corrected chi connectivity index (χ0v) is 30.2. The van der Waals surface area contributed by atoms with Gasteiger partial charge in [0.2, 0.25) is 0 Å². The molecule has 264 valence electrons. The van der Waals surface area contributed by atoms with Crippen LogP contribution < -0.4 is 15.4 Å². The summed E-state index contributed by atoms with van der Waals surface area (Å²) in [4.78, 5) is 41.7. The van der Waals surface area contributed by atoms with Crippen LogP contribution in [-0.2, 0) is 24.8 Å². The van der Waals surface area contributed by atoms with Gasteiger partial charge in [-0.1, -0.05) is 50.1 Å². The topological polar surface area (TPSA) is 151 Å². The van der Waals surface area contributed by atoms with Crippen LogP contribution in [0.4, 0.5) is 0 Å². The summed E-state index contributed by atoms with van der Waals surface area (Å²) in [5, 5.41) is 21.3. The van der Waals surface area contributed by atoms with E-state index in [4.69, 9.17) is 20.8 Å². The van der Waals surface area contributed by atoms with E-state index in [1.54, 1.807) is 13.0 Å². The van der Waals surface area contributed by atoms with Crippen LogP contribution in [0.3, 0.4) is 0 Å². The van der Waals surface area contributed by atoms with Crippen LogP contribution in [-0.4, -0.2) is 50.3 Å². The van der Waals surface area contributed by atoms with Crippen molar-refractivity contribution in [2.45, 2.75) is 73.4 Å². The van der Waals surface area contributed by atoms with Gasteiger partial charge in [0, 0.05) is 34.3 Å². The van der Waals surface area contributed by atoms with E-state index in [1.165, 1.54) is 6.07 Å². The number of nitrogens with zero attached hydrogens (tertiary/aromatic N) is 2. The summed E-state index contributed by atoms with van der Waals surface area (Å²) in [6, 6.07) is 11.9. The number of aromatic amines is 1. The molecule has 0 saturated carbocycles. The molecular weight excluding hydrogens is 658 g/mol. The Morgan fingerprint density at radius 1 is 1.08 bits per heavy atom. The van der Waals surface area contributed by atoms with Crippen LogP contribution in [0.2, 0.25) is 5.02 Å². The molecule has 0 saturated heterocycles. The Kier molecular flexibility index (Phi) is 11.1. The van der Waals surface area contributed by atoms with Gasteiger partial charge in [0.05, 0.1) is 24.4 Å². The van der Waals surface area contributed by atoms with Crippen LogP contribution in [0.25, 0.3) is 22.0 Å². The molecule has 0 fully saturated rings. The number of carbonyl (C=O) groups is 3. The Bertz CT molecular complexity index is 2030. The second-order valence-corrected chi connectivity index (χ2v) is 13.2. The van der Waals surface area contributed by atoms with Gasteiger partial charge in [-0.05, 0) is 87.4 Å². The Morgan fingerprint density at radius 3 is 2.44 bits per heavy atom. The van der Waals surface area contributed by atoms with Crippen LogP contribution in [0.15, 0.2) is 46.9 Å². The number of aryl methyl sites for hydroxylation is 5. The second kappa shape index (κ2) is 15.2. The number of carbonyl (C=O) groups excluding carboxylic acids is 2.